The molecule has 0 radical (unpaired) electrons. The highest BCUT2D eigenvalue weighted by atomic mass is 16.3. The molecule has 0 unspecified atom stereocenters. The smallest absolute Gasteiger partial charge is 0.252 e. The van der Waals surface area contributed by atoms with E-state index in [2.05, 4.69) is 10.3 Å². The van der Waals surface area contributed by atoms with Crippen LogP contribution in [0.4, 0.5) is 5.82 Å². The third kappa shape index (κ3) is 2.31. The van der Waals surface area contributed by atoms with Gasteiger partial charge < -0.3 is 21.1 Å². The number of aliphatic hydroxyl groups is 1. The van der Waals surface area contributed by atoms with Crippen LogP contribution in [0.2, 0.25) is 0 Å². The summed E-state index contributed by atoms with van der Waals surface area (Å²) in [6, 6.07) is 3.29. The first-order chi connectivity index (χ1) is 10.5. The van der Waals surface area contributed by atoms with Gasteiger partial charge in [0.2, 0.25) is 5.91 Å². The van der Waals surface area contributed by atoms with E-state index in [0.29, 0.717) is 43.9 Å². The Kier molecular flexibility index (Phi) is 3.74. The summed E-state index contributed by atoms with van der Waals surface area (Å²) in [4.78, 5) is 30.1. The summed E-state index contributed by atoms with van der Waals surface area (Å²) in [5.74, 6) is -0.177. The third-order valence-corrected chi connectivity index (χ3v) is 4.67. The summed E-state index contributed by atoms with van der Waals surface area (Å²) >= 11 is 0. The van der Waals surface area contributed by atoms with Crippen LogP contribution in [0.3, 0.4) is 0 Å². The number of rotatable bonds is 2. The minimum Gasteiger partial charge on any atom is -0.392 e. The molecule has 2 fully saturated rings. The first-order valence-corrected chi connectivity index (χ1v) is 7.51. The zero-order chi connectivity index (χ0) is 15.7. The number of nitrogens with two attached hydrogens (primary N) is 1. The van der Waals surface area contributed by atoms with E-state index >= 15 is 0 Å². The fourth-order valence-corrected chi connectivity index (χ4v) is 3.47. The Hall–Kier alpha value is -2.15. The number of pyridine rings is 1. The van der Waals surface area contributed by atoms with E-state index in [0.717, 1.165) is 6.42 Å². The van der Waals surface area contributed by atoms with E-state index < -0.39 is 17.4 Å². The Bertz CT molecular complexity index is 606. The molecular weight excluding hydrogens is 284 g/mol. The van der Waals surface area contributed by atoms with Crippen LogP contribution in [-0.2, 0) is 4.79 Å². The van der Waals surface area contributed by atoms with Crippen LogP contribution in [0, 0.1) is 5.41 Å². The molecule has 118 valence electrons. The summed E-state index contributed by atoms with van der Waals surface area (Å²) in [6.07, 6.45) is 2.85. The molecule has 0 aromatic carbocycles. The molecule has 7 nitrogen and oxygen atoms in total. The molecule has 0 bridgehead atoms. The zero-order valence-electron chi connectivity index (χ0n) is 12.3. The number of hydrogen-bond donors (Lipinski definition) is 3. The highest BCUT2D eigenvalue weighted by Gasteiger charge is 2.50. The van der Waals surface area contributed by atoms with Crippen molar-refractivity contribution in [1.82, 2.24) is 10.3 Å². The normalized spacial score (nSPS) is 28.5. The van der Waals surface area contributed by atoms with Gasteiger partial charge in [0, 0.05) is 25.8 Å². The van der Waals surface area contributed by atoms with Crippen LogP contribution < -0.4 is 16.0 Å². The molecule has 2 aliphatic heterocycles. The zero-order valence-corrected chi connectivity index (χ0v) is 12.3. The molecule has 2 saturated heterocycles. The van der Waals surface area contributed by atoms with Gasteiger partial charge in [0.05, 0.1) is 17.1 Å². The van der Waals surface area contributed by atoms with Crippen molar-refractivity contribution >= 4 is 17.6 Å². The molecule has 2 atom stereocenters. The molecule has 22 heavy (non-hydrogen) atoms. The van der Waals surface area contributed by atoms with Crippen LogP contribution in [0.5, 0.6) is 0 Å². The van der Waals surface area contributed by atoms with Gasteiger partial charge in [0.15, 0.2) is 0 Å². The second-order valence-electron chi connectivity index (χ2n) is 5.98. The van der Waals surface area contributed by atoms with Crippen LogP contribution in [0.15, 0.2) is 18.3 Å². The minimum absolute atomic E-state index is 0.118. The maximum Gasteiger partial charge on any atom is 0.252 e. The Balaban J connectivity index is 1.94. The Morgan fingerprint density at radius 1 is 1.55 bits per heavy atom. The Morgan fingerprint density at radius 3 is 3.09 bits per heavy atom. The molecular formula is C15H20N4O3. The highest BCUT2D eigenvalue weighted by molar-refractivity contribution is 5.97. The van der Waals surface area contributed by atoms with Crippen molar-refractivity contribution in [3.8, 4) is 0 Å². The number of carbonyl (C=O) groups excluding carboxylic acids is 2. The number of piperidine rings is 2. The predicted molar refractivity (Wildman–Crippen MR) is 80.3 cm³/mol. The molecule has 1 aromatic heterocycles. The lowest BCUT2D eigenvalue weighted by Crippen LogP contribution is -2.61. The van der Waals surface area contributed by atoms with Gasteiger partial charge in [-0.25, -0.2) is 4.98 Å². The second-order valence-corrected chi connectivity index (χ2v) is 5.98. The SMILES string of the molecule is NC(=O)c1cccnc1N1CC[C@H](O)[C@@]2(CCCNC2=O)C1. The maximum absolute atomic E-state index is 12.4. The summed E-state index contributed by atoms with van der Waals surface area (Å²) in [6.45, 7) is 1.52. The predicted octanol–water partition coefficient (Wildman–Crippen LogP) is -0.352. The molecule has 2 aliphatic rings. The van der Waals surface area contributed by atoms with E-state index in [1.165, 1.54) is 0 Å². The quantitative estimate of drug-likeness (QED) is 0.692. The van der Waals surface area contributed by atoms with Crippen molar-refractivity contribution in [2.75, 3.05) is 24.5 Å². The van der Waals surface area contributed by atoms with Gasteiger partial charge in [-0.2, -0.15) is 0 Å². The van der Waals surface area contributed by atoms with Gasteiger partial charge in [-0.15, -0.1) is 0 Å². The lowest BCUT2D eigenvalue weighted by Gasteiger charge is -2.47. The third-order valence-electron chi connectivity index (χ3n) is 4.67. The summed E-state index contributed by atoms with van der Waals surface area (Å²) in [5, 5.41) is 13.2. The number of aromatic nitrogens is 1. The fraction of sp³-hybridized carbons (Fsp3) is 0.533. The van der Waals surface area contributed by atoms with Crippen molar-refractivity contribution in [2.24, 2.45) is 11.1 Å². The molecule has 0 aliphatic carbocycles. The lowest BCUT2D eigenvalue weighted by atomic mass is 9.71. The maximum atomic E-state index is 12.4. The van der Waals surface area contributed by atoms with Crippen molar-refractivity contribution in [1.29, 1.82) is 0 Å². The summed E-state index contributed by atoms with van der Waals surface area (Å²) < 4.78 is 0. The lowest BCUT2D eigenvalue weighted by molar-refractivity contribution is -0.142. The fourth-order valence-electron chi connectivity index (χ4n) is 3.47. The molecule has 4 N–H and O–H groups in total. The number of primary amides is 1. The van der Waals surface area contributed by atoms with Crippen molar-refractivity contribution in [3.63, 3.8) is 0 Å². The number of anilines is 1. The first-order valence-electron chi connectivity index (χ1n) is 7.51. The van der Waals surface area contributed by atoms with Crippen LogP contribution >= 0.6 is 0 Å². The van der Waals surface area contributed by atoms with E-state index in [1.54, 1.807) is 18.3 Å². The van der Waals surface area contributed by atoms with Crippen LogP contribution in [0.1, 0.15) is 29.6 Å². The van der Waals surface area contributed by atoms with Crippen molar-refractivity contribution in [3.05, 3.63) is 23.9 Å². The van der Waals surface area contributed by atoms with Crippen LogP contribution in [0.25, 0.3) is 0 Å². The summed E-state index contributed by atoms with van der Waals surface area (Å²) in [5.41, 5.74) is 4.92. The molecule has 7 heteroatoms. The minimum atomic E-state index is -0.830. The number of nitrogens with one attached hydrogen (secondary N) is 1. The van der Waals surface area contributed by atoms with E-state index in [1.807, 2.05) is 4.90 Å². The van der Waals surface area contributed by atoms with Gasteiger partial charge in [0.25, 0.3) is 5.91 Å². The first kappa shape index (κ1) is 14.8. The second kappa shape index (κ2) is 5.57. The van der Waals surface area contributed by atoms with Gasteiger partial charge in [-0.05, 0) is 31.4 Å². The largest absolute Gasteiger partial charge is 0.392 e. The van der Waals surface area contributed by atoms with Crippen molar-refractivity contribution in [2.45, 2.75) is 25.4 Å². The Labute approximate surface area is 128 Å². The highest BCUT2D eigenvalue weighted by Crippen LogP contribution is 2.38. The number of aliphatic hydroxyl groups excluding tert-OH is 1. The monoisotopic (exact) mass is 304 g/mol. The topological polar surface area (TPSA) is 109 Å². The molecule has 1 spiro atoms. The molecule has 0 saturated carbocycles. The van der Waals surface area contributed by atoms with Gasteiger partial charge in [0.1, 0.15) is 5.82 Å². The molecule has 2 amide bonds. The molecule has 3 rings (SSSR count). The number of amides is 2. The van der Waals surface area contributed by atoms with E-state index in [9.17, 15) is 14.7 Å². The van der Waals surface area contributed by atoms with Gasteiger partial charge in [-0.1, -0.05) is 0 Å². The average Bonchev–Trinajstić information content (AvgIpc) is 2.52. The Morgan fingerprint density at radius 2 is 2.36 bits per heavy atom. The van der Waals surface area contributed by atoms with Crippen molar-refractivity contribution < 1.29 is 14.7 Å². The van der Waals surface area contributed by atoms with Gasteiger partial charge >= 0.3 is 0 Å². The molecule has 3 heterocycles. The number of carbonyl (C=O) groups is 2. The number of nitrogens with zero attached hydrogens (tertiary/aromatic N) is 2. The standard InChI is InChI=1S/C15H20N4O3/c16-12(21)10-3-1-6-17-13(10)19-8-4-11(20)15(9-19)5-2-7-18-14(15)22/h1,3,6,11,20H,2,4-5,7-9H2,(H2,16,21)(H,18,22)/t11-,15+/m0/s1. The number of hydrogen-bond acceptors (Lipinski definition) is 5. The van der Waals surface area contributed by atoms with Crippen LogP contribution in [-0.4, -0.2) is 47.6 Å². The average molecular weight is 304 g/mol. The molecule has 1 aromatic rings. The van der Waals surface area contributed by atoms with Gasteiger partial charge in [-0.3, -0.25) is 9.59 Å². The van der Waals surface area contributed by atoms with E-state index in [-0.39, 0.29) is 5.91 Å². The van der Waals surface area contributed by atoms with E-state index in [4.69, 9.17) is 5.73 Å². The summed E-state index contributed by atoms with van der Waals surface area (Å²) in [7, 11) is 0.